The van der Waals surface area contributed by atoms with Gasteiger partial charge in [0.25, 0.3) is 0 Å². The fraction of sp³-hybridized carbons (Fsp3) is 0.600. The van der Waals surface area contributed by atoms with Crippen molar-refractivity contribution in [2.75, 3.05) is 19.4 Å². The standard InChI is InChI=1S/C15H23NOS/c1-3-4-5-6-14-13-8-7-12(17-2)11-15(13)18-10-9-16-14/h7-8,11,14,16H,3-6,9-10H2,1-2H3. The lowest BCUT2D eigenvalue weighted by Crippen LogP contribution is -2.22. The van der Waals surface area contributed by atoms with Crippen LogP contribution < -0.4 is 10.1 Å². The summed E-state index contributed by atoms with van der Waals surface area (Å²) >= 11 is 1.94. The van der Waals surface area contributed by atoms with Crippen molar-refractivity contribution in [1.82, 2.24) is 5.32 Å². The van der Waals surface area contributed by atoms with Crippen molar-refractivity contribution in [2.24, 2.45) is 0 Å². The summed E-state index contributed by atoms with van der Waals surface area (Å²) in [6.45, 7) is 3.35. The molecule has 1 heterocycles. The molecule has 0 fully saturated rings. The van der Waals surface area contributed by atoms with Gasteiger partial charge in [0.1, 0.15) is 5.75 Å². The van der Waals surface area contributed by atoms with E-state index in [0.717, 1.165) is 18.0 Å². The Hall–Kier alpha value is -0.670. The lowest BCUT2D eigenvalue weighted by atomic mass is 10.00. The van der Waals surface area contributed by atoms with Crippen molar-refractivity contribution in [1.29, 1.82) is 0 Å². The Bertz CT molecular complexity index is 381. The van der Waals surface area contributed by atoms with Crippen LogP contribution in [0.25, 0.3) is 0 Å². The van der Waals surface area contributed by atoms with Crippen LogP contribution in [0.3, 0.4) is 0 Å². The van der Waals surface area contributed by atoms with Crippen LogP contribution in [0.5, 0.6) is 5.75 Å². The predicted molar refractivity (Wildman–Crippen MR) is 78.6 cm³/mol. The Kier molecular flexibility index (Phi) is 5.39. The van der Waals surface area contributed by atoms with Crippen molar-refractivity contribution >= 4 is 11.8 Å². The second kappa shape index (κ2) is 7.05. The minimum absolute atomic E-state index is 0.521. The van der Waals surface area contributed by atoms with Gasteiger partial charge in [-0.1, -0.05) is 32.3 Å². The molecule has 1 N–H and O–H groups in total. The molecular weight excluding hydrogens is 242 g/mol. The molecule has 0 radical (unpaired) electrons. The number of hydrogen-bond donors (Lipinski definition) is 1. The van der Waals surface area contributed by atoms with Crippen LogP contribution in [0.15, 0.2) is 23.1 Å². The van der Waals surface area contributed by atoms with E-state index >= 15 is 0 Å². The fourth-order valence-corrected chi connectivity index (χ4v) is 3.43. The summed E-state index contributed by atoms with van der Waals surface area (Å²) in [5.74, 6) is 2.11. The Morgan fingerprint density at radius 3 is 3.06 bits per heavy atom. The smallest absolute Gasteiger partial charge is 0.119 e. The van der Waals surface area contributed by atoms with Gasteiger partial charge >= 0.3 is 0 Å². The zero-order valence-corrected chi connectivity index (χ0v) is 12.2. The zero-order chi connectivity index (χ0) is 12.8. The quantitative estimate of drug-likeness (QED) is 0.813. The highest BCUT2D eigenvalue weighted by molar-refractivity contribution is 7.99. The van der Waals surface area contributed by atoms with Crippen LogP contribution in [0, 0.1) is 0 Å². The zero-order valence-electron chi connectivity index (χ0n) is 11.4. The third-order valence-electron chi connectivity index (χ3n) is 3.44. The Balaban J connectivity index is 2.13. The summed E-state index contributed by atoms with van der Waals surface area (Å²) in [4.78, 5) is 1.39. The summed E-state index contributed by atoms with van der Waals surface area (Å²) in [6.07, 6.45) is 5.17. The van der Waals surface area contributed by atoms with Crippen LogP contribution >= 0.6 is 11.8 Å². The molecule has 0 bridgehead atoms. The van der Waals surface area contributed by atoms with Gasteiger partial charge in [-0.15, -0.1) is 11.8 Å². The minimum atomic E-state index is 0.521. The molecule has 0 aliphatic carbocycles. The van der Waals surface area contributed by atoms with Gasteiger partial charge in [-0.05, 0) is 24.1 Å². The number of rotatable bonds is 5. The average Bonchev–Trinajstić information content (AvgIpc) is 2.61. The number of hydrogen-bond acceptors (Lipinski definition) is 3. The average molecular weight is 265 g/mol. The van der Waals surface area contributed by atoms with Gasteiger partial charge in [-0.25, -0.2) is 0 Å². The molecular formula is C15H23NOS. The maximum atomic E-state index is 5.32. The molecule has 1 aromatic carbocycles. The Morgan fingerprint density at radius 2 is 2.28 bits per heavy atom. The first kappa shape index (κ1) is 13.8. The van der Waals surface area contributed by atoms with Crippen molar-refractivity contribution < 1.29 is 4.74 Å². The molecule has 1 atom stereocenters. The largest absolute Gasteiger partial charge is 0.497 e. The highest BCUT2D eigenvalue weighted by Crippen LogP contribution is 2.35. The summed E-state index contributed by atoms with van der Waals surface area (Å²) in [7, 11) is 1.74. The van der Waals surface area contributed by atoms with Crippen molar-refractivity contribution in [3.8, 4) is 5.75 Å². The molecule has 1 aromatic rings. The molecule has 0 aromatic heterocycles. The first-order chi connectivity index (χ1) is 8.85. The number of ether oxygens (including phenoxy) is 1. The van der Waals surface area contributed by atoms with E-state index < -0.39 is 0 Å². The lowest BCUT2D eigenvalue weighted by Gasteiger charge is -2.18. The van der Waals surface area contributed by atoms with Gasteiger partial charge in [-0.3, -0.25) is 0 Å². The Morgan fingerprint density at radius 1 is 1.39 bits per heavy atom. The molecule has 1 aliphatic rings. The summed E-state index contributed by atoms with van der Waals surface area (Å²) < 4.78 is 5.32. The molecule has 0 saturated heterocycles. The Labute approximate surface area is 114 Å². The number of unbranched alkanes of at least 4 members (excludes halogenated alkanes) is 2. The van der Waals surface area contributed by atoms with Crippen molar-refractivity contribution in [3.63, 3.8) is 0 Å². The normalized spacial score (nSPS) is 19.1. The van der Waals surface area contributed by atoms with E-state index in [4.69, 9.17) is 4.74 Å². The van der Waals surface area contributed by atoms with Crippen LogP contribution in [-0.4, -0.2) is 19.4 Å². The molecule has 2 nitrogen and oxygen atoms in total. The van der Waals surface area contributed by atoms with E-state index in [0.29, 0.717) is 6.04 Å². The number of benzene rings is 1. The van der Waals surface area contributed by atoms with Gasteiger partial charge in [0.2, 0.25) is 0 Å². The van der Waals surface area contributed by atoms with E-state index in [-0.39, 0.29) is 0 Å². The SMILES string of the molecule is CCCCCC1NCCSc2cc(OC)ccc21. The summed E-state index contributed by atoms with van der Waals surface area (Å²) in [6, 6.07) is 7.02. The van der Waals surface area contributed by atoms with Gasteiger partial charge in [0.05, 0.1) is 7.11 Å². The number of methoxy groups -OCH3 is 1. The van der Waals surface area contributed by atoms with Crippen molar-refractivity contribution in [3.05, 3.63) is 23.8 Å². The number of nitrogens with one attached hydrogen (secondary N) is 1. The first-order valence-electron chi connectivity index (χ1n) is 6.89. The topological polar surface area (TPSA) is 21.3 Å². The van der Waals surface area contributed by atoms with Crippen LogP contribution in [0.2, 0.25) is 0 Å². The van der Waals surface area contributed by atoms with E-state index in [9.17, 15) is 0 Å². The molecule has 0 amide bonds. The van der Waals surface area contributed by atoms with E-state index in [1.165, 1.54) is 36.1 Å². The molecule has 1 aliphatic heterocycles. The van der Waals surface area contributed by atoms with E-state index in [1.807, 2.05) is 11.8 Å². The number of thioether (sulfide) groups is 1. The molecule has 0 saturated carbocycles. The predicted octanol–water partition coefficient (Wildman–Crippen LogP) is 4.01. The molecule has 2 rings (SSSR count). The lowest BCUT2D eigenvalue weighted by molar-refractivity contribution is 0.412. The van der Waals surface area contributed by atoms with Crippen molar-refractivity contribution in [2.45, 2.75) is 43.5 Å². The first-order valence-corrected chi connectivity index (χ1v) is 7.88. The summed E-state index contributed by atoms with van der Waals surface area (Å²) in [5, 5.41) is 3.67. The fourth-order valence-electron chi connectivity index (χ4n) is 2.41. The maximum Gasteiger partial charge on any atom is 0.119 e. The maximum absolute atomic E-state index is 5.32. The van der Waals surface area contributed by atoms with E-state index in [1.54, 1.807) is 7.11 Å². The van der Waals surface area contributed by atoms with Gasteiger partial charge < -0.3 is 10.1 Å². The van der Waals surface area contributed by atoms with E-state index in [2.05, 4.69) is 30.4 Å². The highest BCUT2D eigenvalue weighted by Gasteiger charge is 2.18. The van der Waals surface area contributed by atoms with Gasteiger partial charge in [0, 0.05) is 23.2 Å². The second-order valence-electron chi connectivity index (χ2n) is 4.75. The minimum Gasteiger partial charge on any atom is -0.497 e. The second-order valence-corrected chi connectivity index (χ2v) is 5.89. The van der Waals surface area contributed by atoms with Gasteiger partial charge in [-0.2, -0.15) is 0 Å². The van der Waals surface area contributed by atoms with Gasteiger partial charge in [0.15, 0.2) is 0 Å². The monoisotopic (exact) mass is 265 g/mol. The number of fused-ring (bicyclic) bond motifs is 1. The molecule has 18 heavy (non-hydrogen) atoms. The molecule has 3 heteroatoms. The molecule has 0 spiro atoms. The van der Waals surface area contributed by atoms with Crippen LogP contribution in [0.1, 0.15) is 44.2 Å². The van der Waals surface area contributed by atoms with Crippen LogP contribution in [0.4, 0.5) is 0 Å². The summed E-state index contributed by atoms with van der Waals surface area (Å²) in [5.41, 5.74) is 1.45. The van der Waals surface area contributed by atoms with Crippen LogP contribution in [-0.2, 0) is 0 Å². The highest BCUT2D eigenvalue weighted by atomic mass is 32.2. The third kappa shape index (κ3) is 3.42. The molecule has 1 unspecified atom stereocenters. The third-order valence-corrected chi connectivity index (χ3v) is 4.52. The molecule has 100 valence electrons.